The van der Waals surface area contributed by atoms with Crippen LogP contribution in [0.4, 0.5) is 0 Å². The molecule has 0 aliphatic carbocycles. The molecule has 1 saturated heterocycles. The van der Waals surface area contributed by atoms with Gasteiger partial charge in [0.1, 0.15) is 4.90 Å². The molecule has 1 aromatic heterocycles. The van der Waals surface area contributed by atoms with Crippen molar-refractivity contribution in [2.75, 3.05) is 13.1 Å². The summed E-state index contributed by atoms with van der Waals surface area (Å²) in [5.74, 6) is 0.263. The molecule has 1 N–H and O–H groups in total. The molecule has 1 aliphatic heterocycles. The van der Waals surface area contributed by atoms with Crippen LogP contribution in [-0.4, -0.2) is 42.5 Å². The third kappa shape index (κ3) is 2.98. The highest BCUT2D eigenvalue weighted by Crippen LogP contribution is 2.25. The fourth-order valence-corrected chi connectivity index (χ4v) is 3.90. The molecule has 0 radical (unpaired) electrons. The molecular weight excluding hydrogens is 302 g/mol. The normalized spacial score (nSPS) is 17.4. The van der Waals surface area contributed by atoms with Crippen molar-refractivity contribution in [2.45, 2.75) is 38.0 Å². The highest BCUT2D eigenvalue weighted by Gasteiger charge is 2.31. The van der Waals surface area contributed by atoms with Gasteiger partial charge in [-0.2, -0.15) is 5.10 Å². The lowest BCUT2D eigenvalue weighted by atomic mass is 9.94. The summed E-state index contributed by atoms with van der Waals surface area (Å²) < 4.78 is 23.1. The van der Waals surface area contributed by atoms with Gasteiger partial charge in [0.2, 0.25) is 0 Å². The van der Waals surface area contributed by atoms with Gasteiger partial charge in [-0.3, -0.25) is 9.89 Å². The summed E-state index contributed by atoms with van der Waals surface area (Å²) in [6.45, 7) is 4.93. The Morgan fingerprint density at radius 3 is 2.55 bits per heavy atom. The van der Waals surface area contributed by atoms with Gasteiger partial charge in [-0.1, -0.05) is 13.3 Å². The average molecular weight is 320 g/mol. The summed E-state index contributed by atoms with van der Waals surface area (Å²) >= 11 is 0. The van der Waals surface area contributed by atoms with Gasteiger partial charge in [0.15, 0.2) is 5.69 Å². The Morgan fingerprint density at radius 2 is 2.05 bits per heavy atom. The minimum Gasteiger partial charge on any atom is -0.337 e. The maximum Gasteiger partial charge on any atom is 0.275 e. The van der Waals surface area contributed by atoms with Crippen LogP contribution in [0.5, 0.6) is 0 Å². The number of carbonyl (C=O) groups excluding carboxylic acids is 1. The van der Waals surface area contributed by atoms with Crippen LogP contribution >= 0.6 is 10.7 Å². The summed E-state index contributed by atoms with van der Waals surface area (Å²) in [4.78, 5) is 13.8. The number of hydrogen-bond acceptors (Lipinski definition) is 4. The quantitative estimate of drug-likeness (QED) is 0.863. The molecule has 0 spiro atoms. The zero-order chi connectivity index (χ0) is 14.9. The Bertz CT molecular complexity index is 603. The molecule has 0 atom stereocenters. The largest absolute Gasteiger partial charge is 0.337 e. The SMILES string of the molecule is CCC1CCN(C(=O)c2n[nH]c(C)c2S(=O)(=O)Cl)CC1. The Kier molecular flexibility index (Phi) is 4.39. The van der Waals surface area contributed by atoms with E-state index < -0.39 is 9.05 Å². The Balaban J connectivity index is 2.23. The number of H-pyrrole nitrogens is 1. The van der Waals surface area contributed by atoms with E-state index in [0.29, 0.717) is 19.0 Å². The second-order valence-electron chi connectivity index (χ2n) is 5.11. The standard InChI is InChI=1S/C12H18ClN3O3S/c1-3-9-4-6-16(7-5-9)12(17)10-11(20(13,18)19)8(2)14-15-10/h9H,3-7H2,1-2H3,(H,14,15). The van der Waals surface area contributed by atoms with Gasteiger partial charge in [0, 0.05) is 23.8 Å². The second-order valence-corrected chi connectivity index (χ2v) is 7.61. The second kappa shape index (κ2) is 5.73. The van der Waals surface area contributed by atoms with Gasteiger partial charge < -0.3 is 4.90 Å². The van der Waals surface area contributed by atoms with Crippen LogP contribution in [0.15, 0.2) is 4.90 Å². The van der Waals surface area contributed by atoms with Gasteiger partial charge >= 0.3 is 0 Å². The molecule has 0 unspecified atom stereocenters. The minimum absolute atomic E-state index is 0.104. The molecule has 0 bridgehead atoms. The number of nitrogens with one attached hydrogen (secondary N) is 1. The first kappa shape index (κ1) is 15.3. The lowest BCUT2D eigenvalue weighted by Gasteiger charge is -2.31. The van der Waals surface area contributed by atoms with Gasteiger partial charge in [0.05, 0.1) is 5.69 Å². The summed E-state index contributed by atoms with van der Waals surface area (Å²) in [7, 11) is 1.39. The number of aromatic amines is 1. The summed E-state index contributed by atoms with van der Waals surface area (Å²) in [6.07, 6.45) is 2.98. The maximum atomic E-state index is 12.4. The number of rotatable bonds is 3. The van der Waals surface area contributed by atoms with Gasteiger partial charge in [-0.25, -0.2) is 8.42 Å². The minimum atomic E-state index is -3.99. The van der Waals surface area contributed by atoms with Crippen LogP contribution in [0.3, 0.4) is 0 Å². The molecule has 8 heteroatoms. The molecule has 1 amide bonds. The Morgan fingerprint density at radius 1 is 1.45 bits per heavy atom. The Labute approximate surface area is 122 Å². The molecule has 1 aliphatic rings. The zero-order valence-corrected chi connectivity index (χ0v) is 13.1. The summed E-state index contributed by atoms with van der Waals surface area (Å²) in [5.41, 5.74) is 0.180. The summed E-state index contributed by atoms with van der Waals surface area (Å²) in [5, 5.41) is 6.34. The fraction of sp³-hybridized carbons (Fsp3) is 0.667. The topological polar surface area (TPSA) is 83.1 Å². The number of likely N-dealkylation sites (tertiary alicyclic amines) is 1. The van der Waals surface area contributed by atoms with E-state index in [1.807, 2.05) is 0 Å². The van der Waals surface area contributed by atoms with E-state index in [9.17, 15) is 13.2 Å². The molecule has 0 saturated carbocycles. The van der Waals surface area contributed by atoms with Crippen LogP contribution in [0.1, 0.15) is 42.4 Å². The third-order valence-corrected chi connectivity index (χ3v) is 5.27. The molecule has 20 heavy (non-hydrogen) atoms. The maximum absolute atomic E-state index is 12.4. The van der Waals surface area contributed by atoms with Gasteiger partial charge in [0.25, 0.3) is 15.0 Å². The van der Waals surface area contributed by atoms with E-state index in [2.05, 4.69) is 17.1 Å². The van der Waals surface area contributed by atoms with Crippen LogP contribution < -0.4 is 0 Å². The molecule has 1 fully saturated rings. The van der Waals surface area contributed by atoms with E-state index in [0.717, 1.165) is 19.3 Å². The monoisotopic (exact) mass is 319 g/mol. The fourth-order valence-electron chi connectivity index (χ4n) is 2.56. The van der Waals surface area contributed by atoms with Crippen molar-refractivity contribution in [3.8, 4) is 0 Å². The average Bonchev–Trinajstić information content (AvgIpc) is 2.80. The Hall–Kier alpha value is -1.08. The van der Waals surface area contributed by atoms with Crippen LogP contribution in [-0.2, 0) is 9.05 Å². The van der Waals surface area contributed by atoms with Crippen LogP contribution in [0, 0.1) is 12.8 Å². The zero-order valence-electron chi connectivity index (χ0n) is 11.5. The first-order chi connectivity index (χ1) is 9.34. The lowest BCUT2D eigenvalue weighted by molar-refractivity contribution is 0.0679. The van der Waals surface area contributed by atoms with E-state index in [-0.39, 0.29) is 22.2 Å². The van der Waals surface area contributed by atoms with E-state index in [1.54, 1.807) is 4.90 Å². The molecule has 1 aromatic rings. The van der Waals surface area contributed by atoms with Gasteiger partial charge in [-0.15, -0.1) is 0 Å². The number of halogens is 1. The number of amides is 1. The van der Waals surface area contributed by atoms with Crippen LogP contribution in [0.25, 0.3) is 0 Å². The first-order valence-corrected chi connectivity index (χ1v) is 8.94. The molecule has 2 heterocycles. The van der Waals surface area contributed by atoms with E-state index >= 15 is 0 Å². The summed E-state index contributed by atoms with van der Waals surface area (Å²) in [6, 6.07) is 0. The molecule has 112 valence electrons. The third-order valence-electron chi connectivity index (χ3n) is 3.82. The highest BCUT2D eigenvalue weighted by molar-refractivity contribution is 8.13. The van der Waals surface area contributed by atoms with Crippen molar-refractivity contribution in [3.63, 3.8) is 0 Å². The predicted molar refractivity (Wildman–Crippen MR) is 75.3 cm³/mol. The number of carbonyl (C=O) groups is 1. The van der Waals surface area contributed by atoms with Crippen molar-refractivity contribution < 1.29 is 13.2 Å². The number of aryl methyl sites for hydroxylation is 1. The molecule has 0 aromatic carbocycles. The number of nitrogens with zero attached hydrogens (tertiary/aromatic N) is 2. The van der Waals surface area contributed by atoms with Crippen molar-refractivity contribution in [1.29, 1.82) is 0 Å². The molecular formula is C12H18ClN3O3S. The van der Waals surface area contributed by atoms with E-state index in [1.165, 1.54) is 6.92 Å². The molecule has 6 nitrogen and oxygen atoms in total. The van der Waals surface area contributed by atoms with E-state index in [4.69, 9.17) is 10.7 Å². The van der Waals surface area contributed by atoms with Gasteiger partial charge in [-0.05, 0) is 25.7 Å². The van der Waals surface area contributed by atoms with Crippen molar-refractivity contribution in [3.05, 3.63) is 11.4 Å². The first-order valence-electron chi connectivity index (χ1n) is 6.63. The number of piperidine rings is 1. The van der Waals surface area contributed by atoms with Crippen molar-refractivity contribution in [2.24, 2.45) is 5.92 Å². The predicted octanol–water partition coefficient (Wildman–Crippen LogP) is 1.91. The van der Waals surface area contributed by atoms with Crippen molar-refractivity contribution >= 4 is 25.6 Å². The van der Waals surface area contributed by atoms with Crippen molar-refractivity contribution in [1.82, 2.24) is 15.1 Å². The highest BCUT2D eigenvalue weighted by atomic mass is 35.7. The number of aromatic nitrogens is 2. The smallest absolute Gasteiger partial charge is 0.275 e. The number of hydrogen-bond donors (Lipinski definition) is 1. The lowest BCUT2D eigenvalue weighted by Crippen LogP contribution is -2.39. The molecule has 2 rings (SSSR count). The van der Waals surface area contributed by atoms with Crippen LogP contribution in [0.2, 0.25) is 0 Å².